The van der Waals surface area contributed by atoms with Crippen molar-refractivity contribution in [2.24, 2.45) is 11.8 Å². The van der Waals surface area contributed by atoms with E-state index in [2.05, 4.69) is 27.8 Å². The summed E-state index contributed by atoms with van der Waals surface area (Å²) in [6, 6.07) is 3.58. The maximum absolute atomic E-state index is 12.6. The van der Waals surface area contributed by atoms with Crippen LogP contribution in [0.15, 0.2) is 12.1 Å². The van der Waals surface area contributed by atoms with Gasteiger partial charge in [0, 0.05) is 6.42 Å². The quantitative estimate of drug-likeness (QED) is 0.816. The Morgan fingerprint density at radius 2 is 1.84 bits per heavy atom. The van der Waals surface area contributed by atoms with Crippen molar-refractivity contribution in [3.63, 3.8) is 0 Å². The lowest BCUT2D eigenvalue weighted by Crippen LogP contribution is -2.47. The summed E-state index contributed by atoms with van der Waals surface area (Å²) >= 11 is 1.46. The molecule has 25 heavy (non-hydrogen) atoms. The Balaban J connectivity index is 2.15. The van der Waals surface area contributed by atoms with Crippen molar-refractivity contribution in [1.82, 2.24) is 10.3 Å². The predicted molar refractivity (Wildman–Crippen MR) is 104 cm³/mol. The van der Waals surface area contributed by atoms with Crippen LogP contribution in [-0.4, -0.2) is 22.8 Å². The molecule has 5 nitrogen and oxygen atoms in total. The van der Waals surface area contributed by atoms with Gasteiger partial charge in [-0.3, -0.25) is 9.59 Å². The van der Waals surface area contributed by atoms with Crippen LogP contribution in [0, 0.1) is 25.7 Å². The van der Waals surface area contributed by atoms with Gasteiger partial charge < -0.3 is 10.6 Å². The monoisotopic (exact) mass is 361 g/mol. The standard InChI is InChI=1S/C19H27N3O2S/c1-10(2)7-15(23)20-16(11(3)4)18(24)22-19-21-17-13(6)8-12(5)9-14(17)25-19/h8-11,16H,7H2,1-6H3,(H,20,23)(H,21,22,24). The van der Waals surface area contributed by atoms with E-state index in [0.717, 1.165) is 15.8 Å². The van der Waals surface area contributed by atoms with Crippen LogP contribution in [-0.2, 0) is 9.59 Å². The fourth-order valence-corrected chi connectivity index (χ4v) is 3.79. The minimum atomic E-state index is -0.568. The molecule has 136 valence electrons. The number of aryl methyl sites for hydroxylation is 2. The Hall–Kier alpha value is -1.95. The molecule has 1 atom stereocenters. The number of hydrogen-bond acceptors (Lipinski definition) is 4. The molecule has 6 heteroatoms. The maximum Gasteiger partial charge on any atom is 0.248 e. The van der Waals surface area contributed by atoms with E-state index in [4.69, 9.17) is 0 Å². The van der Waals surface area contributed by atoms with Gasteiger partial charge in [-0.25, -0.2) is 4.98 Å². The number of nitrogens with zero attached hydrogens (tertiary/aromatic N) is 1. The second kappa shape index (κ2) is 7.95. The normalized spacial score (nSPS) is 12.6. The summed E-state index contributed by atoms with van der Waals surface area (Å²) in [7, 11) is 0. The molecular weight excluding hydrogens is 334 g/mol. The van der Waals surface area contributed by atoms with Crippen LogP contribution in [0.3, 0.4) is 0 Å². The average molecular weight is 362 g/mol. The lowest BCUT2D eigenvalue weighted by molar-refractivity contribution is -0.127. The first-order valence-corrected chi connectivity index (χ1v) is 9.47. The summed E-state index contributed by atoms with van der Waals surface area (Å²) in [5, 5.41) is 6.29. The third-order valence-corrected chi connectivity index (χ3v) is 4.84. The minimum absolute atomic E-state index is 0.00512. The van der Waals surface area contributed by atoms with E-state index >= 15 is 0 Å². The average Bonchev–Trinajstić information content (AvgIpc) is 2.86. The van der Waals surface area contributed by atoms with Gasteiger partial charge in [0.1, 0.15) is 6.04 Å². The highest BCUT2D eigenvalue weighted by molar-refractivity contribution is 7.22. The molecule has 2 rings (SSSR count). The molecule has 0 bridgehead atoms. The molecule has 0 spiro atoms. The molecule has 0 aliphatic carbocycles. The molecule has 0 saturated heterocycles. The summed E-state index contributed by atoms with van der Waals surface area (Å²) in [5.74, 6) is -0.0685. The van der Waals surface area contributed by atoms with Crippen molar-refractivity contribution in [2.45, 2.75) is 54.0 Å². The maximum atomic E-state index is 12.6. The number of aromatic nitrogens is 1. The number of benzene rings is 1. The first-order valence-electron chi connectivity index (χ1n) is 8.65. The molecular formula is C19H27N3O2S. The summed E-state index contributed by atoms with van der Waals surface area (Å²) in [4.78, 5) is 29.2. The molecule has 0 aliphatic heterocycles. The number of rotatable bonds is 6. The van der Waals surface area contributed by atoms with Crippen LogP contribution in [0.25, 0.3) is 10.2 Å². The van der Waals surface area contributed by atoms with E-state index in [1.807, 2.05) is 41.5 Å². The van der Waals surface area contributed by atoms with Crippen molar-refractivity contribution in [3.8, 4) is 0 Å². The lowest BCUT2D eigenvalue weighted by atomic mass is 10.0. The van der Waals surface area contributed by atoms with Crippen LogP contribution in [0.5, 0.6) is 0 Å². The van der Waals surface area contributed by atoms with Gasteiger partial charge in [0.25, 0.3) is 0 Å². The molecule has 0 radical (unpaired) electrons. The Kier molecular flexibility index (Phi) is 6.16. The van der Waals surface area contributed by atoms with Crippen LogP contribution >= 0.6 is 11.3 Å². The molecule has 1 unspecified atom stereocenters. The largest absolute Gasteiger partial charge is 0.344 e. The van der Waals surface area contributed by atoms with Crippen LogP contribution in [0.1, 0.15) is 45.2 Å². The van der Waals surface area contributed by atoms with E-state index in [-0.39, 0.29) is 23.7 Å². The number of anilines is 1. The van der Waals surface area contributed by atoms with E-state index in [1.54, 1.807) is 0 Å². The Labute approximate surface area is 153 Å². The number of carbonyl (C=O) groups is 2. The zero-order valence-corrected chi connectivity index (χ0v) is 16.6. The van der Waals surface area contributed by atoms with Crippen molar-refractivity contribution >= 4 is 38.5 Å². The minimum Gasteiger partial charge on any atom is -0.344 e. The van der Waals surface area contributed by atoms with E-state index in [9.17, 15) is 9.59 Å². The number of amides is 2. The van der Waals surface area contributed by atoms with Gasteiger partial charge in [-0.05, 0) is 42.9 Å². The van der Waals surface area contributed by atoms with Gasteiger partial charge in [-0.1, -0.05) is 45.1 Å². The third kappa shape index (κ3) is 5.01. The Morgan fingerprint density at radius 3 is 2.44 bits per heavy atom. The fourth-order valence-electron chi connectivity index (χ4n) is 2.75. The number of hydrogen-bond donors (Lipinski definition) is 2. The molecule has 2 amide bonds. The van der Waals surface area contributed by atoms with Crippen LogP contribution < -0.4 is 10.6 Å². The molecule has 1 heterocycles. The predicted octanol–water partition coefficient (Wildman–Crippen LogP) is 4.04. The first-order chi connectivity index (χ1) is 11.7. The summed E-state index contributed by atoms with van der Waals surface area (Å²) < 4.78 is 1.05. The van der Waals surface area contributed by atoms with Gasteiger partial charge in [0.05, 0.1) is 10.2 Å². The van der Waals surface area contributed by atoms with E-state index in [0.29, 0.717) is 11.6 Å². The van der Waals surface area contributed by atoms with Gasteiger partial charge in [-0.15, -0.1) is 0 Å². The number of thiazole rings is 1. The summed E-state index contributed by atoms with van der Waals surface area (Å²) in [6.07, 6.45) is 0.413. The van der Waals surface area contributed by atoms with Crippen molar-refractivity contribution < 1.29 is 9.59 Å². The van der Waals surface area contributed by atoms with Crippen LogP contribution in [0.4, 0.5) is 5.13 Å². The van der Waals surface area contributed by atoms with Crippen molar-refractivity contribution in [1.29, 1.82) is 0 Å². The SMILES string of the molecule is Cc1cc(C)c2nc(NC(=O)C(NC(=O)CC(C)C)C(C)C)sc2c1. The Morgan fingerprint density at radius 1 is 1.16 bits per heavy atom. The van der Waals surface area contributed by atoms with Gasteiger partial charge >= 0.3 is 0 Å². The second-order valence-electron chi connectivity index (χ2n) is 7.32. The molecule has 0 aliphatic rings. The van der Waals surface area contributed by atoms with Gasteiger partial charge in [0.2, 0.25) is 11.8 Å². The highest BCUT2D eigenvalue weighted by Gasteiger charge is 2.25. The number of nitrogens with one attached hydrogen (secondary N) is 2. The number of fused-ring (bicyclic) bond motifs is 1. The fraction of sp³-hybridized carbons (Fsp3) is 0.526. The van der Waals surface area contributed by atoms with Crippen molar-refractivity contribution in [2.75, 3.05) is 5.32 Å². The molecule has 1 aromatic heterocycles. The molecule has 2 aromatic rings. The zero-order chi connectivity index (χ0) is 18.7. The lowest BCUT2D eigenvalue weighted by Gasteiger charge is -2.21. The smallest absolute Gasteiger partial charge is 0.248 e. The topological polar surface area (TPSA) is 71.1 Å². The third-order valence-electron chi connectivity index (χ3n) is 3.92. The van der Waals surface area contributed by atoms with Crippen molar-refractivity contribution in [3.05, 3.63) is 23.3 Å². The summed E-state index contributed by atoms with van der Waals surface area (Å²) in [6.45, 7) is 11.9. The van der Waals surface area contributed by atoms with Gasteiger partial charge in [-0.2, -0.15) is 0 Å². The highest BCUT2D eigenvalue weighted by Crippen LogP contribution is 2.29. The Bertz CT molecular complexity index is 780. The molecule has 0 fully saturated rings. The number of carbonyl (C=O) groups excluding carboxylic acids is 2. The summed E-state index contributed by atoms with van der Waals surface area (Å²) in [5.41, 5.74) is 3.18. The van der Waals surface area contributed by atoms with E-state index < -0.39 is 6.04 Å². The highest BCUT2D eigenvalue weighted by atomic mass is 32.1. The van der Waals surface area contributed by atoms with E-state index in [1.165, 1.54) is 16.9 Å². The zero-order valence-electron chi connectivity index (χ0n) is 15.8. The first kappa shape index (κ1) is 19.4. The molecule has 0 saturated carbocycles. The molecule has 1 aromatic carbocycles. The second-order valence-corrected chi connectivity index (χ2v) is 8.35. The molecule has 2 N–H and O–H groups in total. The van der Waals surface area contributed by atoms with Crippen LogP contribution in [0.2, 0.25) is 0 Å². The van der Waals surface area contributed by atoms with Gasteiger partial charge in [0.15, 0.2) is 5.13 Å².